The SMILES string of the molecule is OC1CCCC2N=c3ccccc3=CC12. The number of rotatable bonds is 0. The van der Waals surface area contributed by atoms with E-state index < -0.39 is 0 Å². The summed E-state index contributed by atoms with van der Waals surface area (Å²) in [4.78, 5) is 4.73. The van der Waals surface area contributed by atoms with Crippen LogP contribution in [0.3, 0.4) is 0 Å². The lowest BCUT2D eigenvalue weighted by Crippen LogP contribution is -2.42. The maximum Gasteiger partial charge on any atom is 0.0647 e. The van der Waals surface area contributed by atoms with Crippen LogP contribution in [0, 0.1) is 5.92 Å². The summed E-state index contributed by atoms with van der Waals surface area (Å²) in [6.07, 6.45) is 5.15. The first-order chi connectivity index (χ1) is 7.34. The normalized spacial score (nSPS) is 33.3. The first-order valence-electron chi connectivity index (χ1n) is 5.67. The summed E-state index contributed by atoms with van der Waals surface area (Å²) in [6.45, 7) is 0. The second kappa shape index (κ2) is 3.46. The minimum atomic E-state index is -0.194. The smallest absolute Gasteiger partial charge is 0.0647 e. The second-order valence-corrected chi connectivity index (χ2v) is 4.50. The van der Waals surface area contributed by atoms with Crippen LogP contribution in [-0.4, -0.2) is 17.3 Å². The molecule has 1 N–H and O–H groups in total. The second-order valence-electron chi connectivity index (χ2n) is 4.50. The Bertz CT molecular complexity index is 480. The van der Waals surface area contributed by atoms with Crippen LogP contribution in [0.25, 0.3) is 6.08 Å². The summed E-state index contributed by atoms with van der Waals surface area (Å²) in [5, 5.41) is 12.2. The average molecular weight is 201 g/mol. The van der Waals surface area contributed by atoms with Gasteiger partial charge in [0.1, 0.15) is 0 Å². The maximum absolute atomic E-state index is 9.94. The van der Waals surface area contributed by atoms with Crippen molar-refractivity contribution in [2.24, 2.45) is 10.9 Å². The van der Waals surface area contributed by atoms with Gasteiger partial charge >= 0.3 is 0 Å². The molecule has 3 rings (SSSR count). The van der Waals surface area contributed by atoms with Crippen LogP contribution in [0.1, 0.15) is 19.3 Å². The third kappa shape index (κ3) is 1.49. The van der Waals surface area contributed by atoms with Gasteiger partial charge in [0.15, 0.2) is 0 Å². The molecule has 1 aromatic rings. The molecule has 0 aromatic heterocycles. The zero-order valence-electron chi connectivity index (χ0n) is 8.63. The summed E-state index contributed by atoms with van der Waals surface area (Å²) >= 11 is 0. The van der Waals surface area contributed by atoms with Crippen LogP contribution in [-0.2, 0) is 0 Å². The molecule has 1 fully saturated rings. The molecule has 2 heteroatoms. The van der Waals surface area contributed by atoms with Crippen molar-refractivity contribution in [1.29, 1.82) is 0 Å². The van der Waals surface area contributed by atoms with Crippen LogP contribution in [0.15, 0.2) is 29.3 Å². The molecular weight excluding hydrogens is 186 g/mol. The number of hydrogen-bond acceptors (Lipinski definition) is 2. The number of fused-ring (bicyclic) bond motifs is 2. The Morgan fingerprint density at radius 2 is 2.07 bits per heavy atom. The Kier molecular flexibility index (Phi) is 2.10. The lowest BCUT2D eigenvalue weighted by molar-refractivity contribution is 0.0867. The van der Waals surface area contributed by atoms with Crippen molar-refractivity contribution >= 4 is 6.08 Å². The van der Waals surface area contributed by atoms with E-state index in [9.17, 15) is 5.11 Å². The number of benzene rings is 1. The van der Waals surface area contributed by atoms with Crippen LogP contribution >= 0.6 is 0 Å². The first kappa shape index (κ1) is 9.10. The predicted molar refractivity (Wildman–Crippen MR) is 58.8 cm³/mol. The molecule has 0 saturated heterocycles. The van der Waals surface area contributed by atoms with E-state index >= 15 is 0 Å². The van der Waals surface area contributed by atoms with Crippen LogP contribution in [0.5, 0.6) is 0 Å². The highest BCUT2D eigenvalue weighted by atomic mass is 16.3. The summed E-state index contributed by atoms with van der Waals surface area (Å²) < 4.78 is 0. The van der Waals surface area contributed by atoms with E-state index in [2.05, 4.69) is 18.2 Å². The van der Waals surface area contributed by atoms with Crippen LogP contribution in [0.4, 0.5) is 0 Å². The zero-order valence-corrected chi connectivity index (χ0v) is 8.63. The van der Waals surface area contributed by atoms with E-state index in [-0.39, 0.29) is 12.0 Å². The zero-order chi connectivity index (χ0) is 10.3. The fourth-order valence-electron chi connectivity index (χ4n) is 2.68. The van der Waals surface area contributed by atoms with E-state index in [0.29, 0.717) is 6.04 Å². The molecule has 15 heavy (non-hydrogen) atoms. The Morgan fingerprint density at radius 1 is 1.20 bits per heavy atom. The van der Waals surface area contributed by atoms with Gasteiger partial charge in [-0.15, -0.1) is 0 Å². The average Bonchev–Trinajstić information content (AvgIpc) is 2.27. The molecule has 1 aliphatic carbocycles. The number of aliphatic hydroxyl groups excluding tert-OH is 1. The Hall–Kier alpha value is -1.15. The fourth-order valence-corrected chi connectivity index (χ4v) is 2.68. The third-order valence-electron chi connectivity index (χ3n) is 3.50. The molecule has 3 atom stereocenters. The van der Waals surface area contributed by atoms with Crippen molar-refractivity contribution in [2.45, 2.75) is 31.4 Å². The highest BCUT2D eigenvalue weighted by molar-refractivity contribution is 5.32. The molecule has 0 spiro atoms. The van der Waals surface area contributed by atoms with Crippen molar-refractivity contribution < 1.29 is 5.11 Å². The quantitative estimate of drug-likeness (QED) is 0.656. The fraction of sp³-hybridized carbons (Fsp3) is 0.462. The molecule has 78 valence electrons. The van der Waals surface area contributed by atoms with Crippen LogP contribution in [0.2, 0.25) is 0 Å². The number of hydrogen-bond donors (Lipinski definition) is 1. The van der Waals surface area contributed by atoms with Crippen molar-refractivity contribution in [3.05, 3.63) is 34.8 Å². The Morgan fingerprint density at radius 3 is 3.00 bits per heavy atom. The standard InChI is InChI=1S/C13H15NO/c15-13-7-3-6-12-10(13)8-9-4-1-2-5-11(9)14-12/h1-2,4-5,8,10,12-13,15H,3,6-7H2. The van der Waals surface area contributed by atoms with E-state index in [4.69, 9.17) is 4.99 Å². The largest absolute Gasteiger partial charge is 0.392 e. The molecule has 1 saturated carbocycles. The van der Waals surface area contributed by atoms with Crippen LogP contribution < -0.4 is 10.6 Å². The topological polar surface area (TPSA) is 32.6 Å². The van der Waals surface area contributed by atoms with E-state index in [1.165, 1.54) is 5.22 Å². The predicted octanol–water partition coefficient (Wildman–Crippen LogP) is 0.630. The molecular formula is C13H15NO. The van der Waals surface area contributed by atoms with Crippen molar-refractivity contribution in [1.82, 2.24) is 0 Å². The van der Waals surface area contributed by atoms with E-state index in [1.54, 1.807) is 0 Å². The summed E-state index contributed by atoms with van der Waals surface area (Å²) in [7, 11) is 0. The van der Waals surface area contributed by atoms with Gasteiger partial charge in [0, 0.05) is 5.92 Å². The lowest BCUT2D eigenvalue weighted by atomic mass is 9.81. The van der Waals surface area contributed by atoms with Gasteiger partial charge in [-0.3, -0.25) is 4.99 Å². The lowest BCUT2D eigenvalue weighted by Gasteiger charge is -2.32. The molecule has 0 bridgehead atoms. The number of aliphatic hydroxyl groups is 1. The highest BCUT2D eigenvalue weighted by Gasteiger charge is 2.31. The van der Waals surface area contributed by atoms with Gasteiger partial charge < -0.3 is 5.11 Å². The summed E-state index contributed by atoms with van der Waals surface area (Å²) in [5.74, 6) is 0.244. The van der Waals surface area contributed by atoms with Gasteiger partial charge in [0.05, 0.1) is 17.5 Å². The van der Waals surface area contributed by atoms with E-state index in [1.807, 2.05) is 12.1 Å². The molecule has 1 aromatic carbocycles. The molecule has 2 nitrogen and oxygen atoms in total. The van der Waals surface area contributed by atoms with Crippen molar-refractivity contribution in [2.75, 3.05) is 0 Å². The van der Waals surface area contributed by atoms with Gasteiger partial charge in [-0.05, 0) is 30.5 Å². The highest BCUT2D eigenvalue weighted by Crippen LogP contribution is 2.28. The molecule has 0 radical (unpaired) electrons. The molecule has 3 unspecified atom stereocenters. The van der Waals surface area contributed by atoms with Gasteiger partial charge in [-0.1, -0.05) is 24.3 Å². The monoisotopic (exact) mass is 201 g/mol. The summed E-state index contributed by atoms with van der Waals surface area (Å²) in [5.41, 5.74) is 0. The van der Waals surface area contributed by atoms with Gasteiger partial charge in [0.2, 0.25) is 0 Å². The molecule has 1 aliphatic heterocycles. The molecule has 2 aliphatic rings. The first-order valence-corrected chi connectivity index (χ1v) is 5.67. The number of nitrogens with zero attached hydrogens (tertiary/aromatic N) is 1. The summed E-state index contributed by atoms with van der Waals surface area (Å²) in [6, 6.07) is 8.50. The Labute approximate surface area is 89.0 Å². The van der Waals surface area contributed by atoms with Gasteiger partial charge in [-0.2, -0.15) is 0 Å². The molecule has 0 amide bonds. The van der Waals surface area contributed by atoms with Crippen molar-refractivity contribution in [3.63, 3.8) is 0 Å². The van der Waals surface area contributed by atoms with Gasteiger partial charge in [0.25, 0.3) is 0 Å². The van der Waals surface area contributed by atoms with Gasteiger partial charge in [-0.25, -0.2) is 0 Å². The maximum atomic E-state index is 9.94. The van der Waals surface area contributed by atoms with Crippen molar-refractivity contribution in [3.8, 4) is 0 Å². The molecule has 1 heterocycles. The minimum Gasteiger partial charge on any atom is -0.392 e. The minimum absolute atomic E-state index is 0.194. The third-order valence-corrected chi connectivity index (χ3v) is 3.50. The van der Waals surface area contributed by atoms with E-state index in [0.717, 1.165) is 24.6 Å². The number of para-hydroxylation sites is 1. The Balaban J connectivity index is 2.14.